The molecule has 1 amide bonds. The van der Waals surface area contributed by atoms with Crippen molar-refractivity contribution < 1.29 is 32.5 Å². The number of hydrogen-bond acceptors (Lipinski definition) is 6. The first-order chi connectivity index (χ1) is 17.0. The Morgan fingerprint density at radius 3 is 2.58 bits per heavy atom. The Hall–Kier alpha value is -3.44. The first-order valence-corrected chi connectivity index (χ1v) is 11.3. The highest BCUT2D eigenvalue weighted by atomic mass is 35.5. The molecule has 0 saturated heterocycles. The summed E-state index contributed by atoms with van der Waals surface area (Å²) < 4.78 is 53.4. The number of amides is 1. The Kier molecular flexibility index (Phi) is 7.05. The largest absolute Gasteiger partial charge is 0.493 e. The number of nitrogens with one attached hydrogen (secondary N) is 2. The van der Waals surface area contributed by atoms with Crippen molar-refractivity contribution in [2.45, 2.75) is 37.7 Å². The van der Waals surface area contributed by atoms with Crippen molar-refractivity contribution in [3.05, 3.63) is 64.3 Å². The molecule has 12 heteroatoms. The van der Waals surface area contributed by atoms with E-state index in [0.29, 0.717) is 33.0 Å². The highest BCUT2D eigenvalue weighted by Gasteiger charge is 2.48. The highest BCUT2D eigenvalue weighted by Crippen LogP contribution is 2.47. The minimum absolute atomic E-state index is 0.118. The number of fused-ring (bicyclic) bond motifs is 1. The Morgan fingerprint density at radius 1 is 1.22 bits per heavy atom. The second kappa shape index (κ2) is 9.90. The Bertz CT molecular complexity index is 1280. The van der Waals surface area contributed by atoms with Crippen LogP contribution in [-0.4, -0.2) is 41.2 Å². The van der Waals surface area contributed by atoms with Crippen molar-refractivity contribution >= 4 is 29.0 Å². The first-order valence-electron chi connectivity index (χ1n) is 11.0. The van der Waals surface area contributed by atoms with E-state index in [4.69, 9.17) is 21.1 Å². The average Bonchev–Trinajstić information content (AvgIpc) is 3.18. The van der Waals surface area contributed by atoms with Crippen molar-refractivity contribution in [2.24, 2.45) is 0 Å². The minimum atomic E-state index is -4.65. The van der Waals surface area contributed by atoms with Gasteiger partial charge in [0.15, 0.2) is 23.2 Å². The third-order valence-electron chi connectivity index (χ3n) is 5.95. The van der Waals surface area contributed by atoms with E-state index in [2.05, 4.69) is 15.7 Å². The zero-order valence-corrected chi connectivity index (χ0v) is 20.3. The average molecular weight is 525 g/mol. The number of benzene rings is 2. The first kappa shape index (κ1) is 25.6. The van der Waals surface area contributed by atoms with Crippen LogP contribution in [-0.2, 0) is 0 Å². The van der Waals surface area contributed by atoms with Crippen LogP contribution in [0.1, 0.15) is 53.1 Å². The van der Waals surface area contributed by atoms with Crippen molar-refractivity contribution in [1.82, 2.24) is 9.78 Å². The molecular formula is C24H24ClF3N4O4. The van der Waals surface area contributed by atoms with E-state index >= 15 is 0 Å². The standard InChI is InChI=1S/C24H24ClF3N4O4/c1-12(33)13-5-4-6-15(9-13)29-23(34)21-20(25)22-30-16(11-19(24(26,27)28)32(22)31-21)14-7-8-17(35-2)18(10-14)36-3/h4-10,12,16,19,30,33H,11H2,1-3H3,(H,29,34)/t12-,16+,19-/m0/s1. The van der Waals surface area contributed by atoms with Gasteiger partial charge in [0, 0.05) is 12.1 Å². The van der Waals surface area contributed by atoms with Crippen LogP contribution in [0.3, 0.4) is 0 Å². The Balaban J connectivity index is 1.69. The molecule has 0 fully saturated rings. The number of alkyl halides is 3. The van der Waals surface area contributed by atoms with E-state index in [1.54, 1.807) is 49.4 Å². The van der Waals surface area contributed by atoms with Gasteiger partial charge < -0.3 is 25.2 Å². The van der Waals surface area contributed by atoms with Gasteiger partial charge in [0.2, 0.25) is 0 Å². The summed E-state index contributed by atoms with van der Waals surface area (Å²) in [5.41, 5.74) is 1.05. The van der Waals surface area contributed by atoms with Gasteiger partial charge in [-0.3, -0.25) is 4.79 Å². The van der Waals surface area contributed by atoms with Gasteiger partial charge in [-0.25, -0.2) is 4.68 Å². The molecule has 2 aromatic carbocycles. The lowest BCUT2D eigenvalue weighted by Gasteiger charge is -2.33. The van der Waals surface area contributed by atoms with E-state index < -0.39 is 30.3 Å². The topological polar surface area (TPSA) is 97.6 Å². The Labute approximate surface area is 210 Å². The van der Waals surface area contributed by atoms with Gasteiger partial charge in [-0.2, -0.15) is 18.3 Å². The second-order valence-electron chi connectivity index (χ2n) is 8.32. The van der Waals surface area contributed by atoms with Gasteiger partial charge in [0.1, 0.15) is 10.8 Å². The smallest absolute Gasteiger partial charge is 0.410 e. The van der Waals surface area contributed by atoms with Gasteiger partial charge in [0.05, 0.1) is 26.4 Å². The zero-order valence-electron chi connectivity index (χ0n) is 19.6. The summed E-state index contributed by atoms with van der Waals surface area (Å²) in [4.78, 5) is 12.9. The SMILES string of the molecule is COc1ccc([C@H]2C[C@@H](C(F)(F)F)n3nc(C(=O)Nc4cccc([C@H](C)O)c4)c(Cl)c3N2)cc1OC. The minimum Gasteiger partial charge on any atom is -0.493 e. The molecule has 1 aromatic heterocycles. The molecule has 0 spiro atoms. The van der Waals surface area contributed by atoms with Gasteiger partial charge >= 0.3 is 6.18 Å². The van der Waals surface area contributed by atoms with E-state index in [1.807, 2.05) is 0 Å². The molecule has 3 N–H and O–H groups in total. The molecule has 36 heavy (non-hydrogen) atoms. The predicted octanol–water partition coefficient (Wildman–Crippen LogP) is 5.52. The summed E-state index contributed by atoms with van der Waals surface area (Å²) in [6.45, 7) is 1.57. The molecule has 1 aliphatic heterocycles. The second-order valence-corrected chi connectivity index (χ2v) is 8.69. The van der Waals surface area contributed by atoms with Crippen LogP contribution in [0, 0.1) is 0 Å². The molecule has 0 aliphatic carbocycles. The van der Waals surface area contributed by atoms with Crippen LogP contribution < -0.4 is 20.1 Å². The number of carbonyl (C=O) groups excluding carboxylic acids is 1. The molecule has 3 aromatic rings. The van der Waals surface area contributed by atoms with Crippen molar-refractivity contribution in [3.63, 3.8) is 0 Å². The fraction of sp³-hybridized carbons (Fsp3) is 0.333. The number of aliphatic hydroxyl groups is 1. The number of hydrogen-bond donors (Lipinski definition) is 3. The van der Waals surface area contributed by atoms with Crippen LogP contribution in [0.15, 0.2) is 42.5 Å². The lowest BCUT2D eigenvalue weighted by molar-refractivity contribution is -0.173. The third kappa shape index (κ3) is 4.93. The van der Waals surface area contributed by atoms with Crippen molar-refractivity contribution in [1.29, 1.82) is 0 Å². The van der Waals surface area contributed by atoms with Crippen molar-refractivity contribution in [3.8, 4) is 11.5 Å². The lowest BCUT2D eigenvalue weighted by atomic mass is 9.96. The van der Waals surface area contributed by atoms with Gasteiger partial charge in [0.25, 0.3) is 5.91 Å². The van der Waals surface area contributed by atoms with Crippen LogP contribution in [0.25, 0.3) is 0 Å². The summed E-state index contributed by atoms with van der Waals surface area (Å²) in [6, 6.07) is 8.45. The molecule has 0 saturated carbocycles. The highest BCUT2D eigenvalue weighted by molar-refractivity contribution is 6.36. The summed E-state index contributed by atoms with van der Waals surface area (Å²) in [5.74, 6) is -0.0981. The normalized spacial score (nSPS) is 18.1. The zero-order chi connectivity index (χ0) is 26.2. The van der Waals surface area contributed by atoms with E-state index in [1.165, 1.54) is 14.2 Å². The Morgan fingerprint density at radius 2 is 1.94 bits per heavy atom. The van der Waals surface area contributed by atoms with Gasteiger partial charge in [-0.1, -0.05) is 29.8 Å². The number of methoxy groups -OCH3 is 2. The lowest BCUT2D eigenvalue weighted by Crippen LogP contribution is -2.35. The van der Waals surface area contributed by atoms with Crippen molar-refractivity contribution in [2.75, 3.05) is 24.9 Å². The number of aromatic nitrogens is 2. The molecule has 0 radical (unpaired) electrons. The maximum atomic E-state index is 14.1. The van der Waals surface area contributed by atoms with Crippen LogP contribution in [0.4, 0.5) is 24.7 Å². The quantitative estimate of drug-likeness (QED) is 0.393. The number of halogens is 4. The van der Waals surface area contributed by atoms with E-state index in [-0.39, 0.29) is 23.0 Å². The molecular weight excluding hydrogens is 501 g/mol. The molecule has 0 bridgehead atoms. The van der Waals surface area contributed by atoms with Gasteiger partial charge in [-0.05, 0) is 42.3 Å². The molecule has 1 aliphatic rings. The molecule has 0 unspecified atom stereocenters. The number of nitrogens with zero attached hydrogens (tertiary/aromatic N) is 2. The summed E-state index contributed by atoms with van der Waals surface area (Å²) in [5, 5.41) is 19.0. The molecule has 4 rings (SSSR count). The maximum Gasteiger partial charge on any atom is 0.410 e. The molecule has 3 atom stereocenters. The fourth-order valence-corrected chi connectivity index (χ4v) is 4.35. The van der Waals surface area contributed by atoms with Crippen LogP contribution in [0.2, 0.25) is 5.02 Å². The van der Waals surface area contributed by atoms with E-state index in [0.717, 1.165) is 0 Å². The fourth-order valence-electron chi connectivity index (χ4n) is 4.09. The molecule has 8 nitrogen and oxygen atoms in total. The summed E-state index contributed by atoms with van der Waals surface area (Å²) in [7, 11) is 2.89. The third-order valence-corrected chi connectivity index (χ3v) is 6.31. The number of ether oxygens (including phenoxy) is 2. The van der Waals surface area contributed by atoms with Crippen LogP contribution in [0.5, 0.6) is 11.5 Å². The molecule has 192 valence electrons. The predicted molar refractivity (Wildman–Crippen MR) is 128 cm³/mol. The molecule has 2 heterocycles. The number of anilines is 2. The number of aliphatic hydroxyl groups excluding tert-OH is 1. The van der Waals surface area contributed by atoms with E-state index in [9.17, 15) is 23.1 Å². The van der Waals surface area contributed by atoms with Crippen LogP contribution >= 0.6 is 11.6 Å². The number of carbonyl (C=O) groups is 1. The summed E-state index contributed by atoms with van der Waals surface area (Å²) >= 11 is 6.40. The maximum absolute atomic E-state index is 14.1. The summed E-state index contributed by atoms with van der Waals surface area (Å²) in [6.07, 6.45) is -5.81. The van der Waals surface area contributed by atoms with Gasteiger partial charge in [-0.15, -0.1) is 0 Å². The monoisotopic (exact) mass is 524 g/mol. The number of rotatable bonds is 6.